The minimum atomic E-state index is 0.682. The zero-order valence-electron chi connectivity index (χ0n) is 9.93. The Morgan fingerprint density at radius 1 is 1.00 bits per heavy atom. The Bertz CT molecular complexity index is 490. The van der Waals surface area contributed by atoms with E-state index in [1.807, 2.05) is 31.6 Å². The quantitative estimate of drug-likeness (QED) is 0.867. The van der Waals surface area contributed by atoms with E-state index >= 15 is 0 Å². The molecule has 1 aliphatic rings. The van der Waals surface area contributed by atoms with Gasteiger partial charge in [-0.2, -0.15) is 0 Å². The summed E-state index contributed by atoms with van der Waals surface area (Å²) in [5.74, 6) is 0.714. The number of aromatic nitrogens is 1. The summed E-state index contributed by atoms with van der Waals surface area (Å²) in [5.41, 5.74) is 3.94. The molecule has 1 aliphatic carbocycles. The summed E-state index contributed by atoms with van der Waals surface area (Å²) in [4.78, 5) is 4.04. The van der Waals surface area contributed by atoms with Crippen LogP contribution < -0.4 is 5.32 Å². The number of benzene rings is 1. The zero-order chi connectivity index (χ0) is 11.7. The second-order valence-electron chi connectivity index (χ2n) is 4.60. The van der Waals surface area contributed by atoms with Crippen LogP contribution in [0.5, 0.6) is 0 Å². The smallest absolute Gasteiger partial charge is 0.0273 e. The molecule has 0 amide bonds. The van der Waals surface area contributed by atoms with Crippen LogP contribution >= 0.6 is 0 Å². The predicted octanol–water partition coefficient (Wildman–Crippen LogP) is 2.82. The first-order valence-electron chi connectivity index (χ1n) is 6.06. The molecule has 0 unspecified atom stereocenters. The van der Waals surface area contributed by atoms with Gasteiger partial charge in [0, 0.05) is 24.4 Å². The van der Waals surface area contributed by atoms with Gasteiger partial charge in [0.1, 0.15) is 0 Å². The Kier molecular flexibility index (Phi) is 2.65. The number of rotatable bonds is 3. The van der Waals surface area contributed by atoms with Gasteiger partial charge in [-0.1, -0.05) is 24.3 Å². The second kappa shape index (κ2) is 4.30. The van der Waals surface area contributed by atoms with Crippen molar-refractivity contribution in [3.8, 4) is 11.1 Å². The van der Waals surface area contributed by atoms with Crippen molar-refractivity contribution in [1.29, 1.82) is 0 Å². The first kappa shape index (κ1) is 10.5. The Morgan fingerprint density at radius 3 is 2.24 bits per heavy atom. The predicted molar refractivity (Wildman–Crippen MR) is 69.9 cm³/mol. The summed E-state index contributed by atoms with van der Waals surface area (Å²) in [5, 5.41) is 3.33. The highest BCUT2D eigenvalue weighted by Crippen LogP contribution is 2.40. The van der Waals surface area contributed by atoms with Crippen molar-refractivity contribution in [1.82, 2.24) is 10.3 Å². The maximum absolute atomic E-state index is 4.04. The molecule has 0 aliphatic heterocycles. The maximum atomic E-state index is 4.04. The van der Waals surface area contributed by atoms with E-state index in [9.17, 15) is 0 Å². The number of pyridine rings is 1. The monoisotopic (exact) mass is 224 g/mol. The van der Waals surface area contributed by atoms with E-state index in [2.05, 4.69) is 34.6 Å². The number of nitrogens with zero attached hydrogens (tertiary/aromatic N) is 1. The molecule has 0 spiro atoms. The van der Waals surface area contributed by atoms with E-state index in [0.717, 1.165) is 0 Å². The van der Waals surface area contributed by atoms with Crippen LogP contribution in [0, 0.1) is 0 Å². The number of hydrogen-bond acceptors (Lipinski definition) is 2. The summed E-state index contributed by atoms with van der Waals surface area (Å²) in [6, 6.07) is 13.7. The van der Waals surface area contributed by atoms with Crippen molar-refractivity contribution >= 4 is 0 Å². The Hall–Kier alpha value is -1.67. The molecule has 86 valence electrons. The molecular formula is C15H16N2. The average Bonchev–Trinajstić information content (AvgIpc) is 3.19. The summed E-state index contributed by atoms with van der Waals surface area (Å²) in [6.07, 6.45) is 4.94. The fraction of sp³-hybridized carbons (Fsp3) is 0.267. The molecule has 1 aromatic carbocycles. The molecule has 1 fully saturated rings. The SMILES string of the molecule is CN[C@@H]1C[C@H]1c1ccc(-c2ccncc2)cc1. The Labute approximate surface area is 102 Å². The fourth-order valence-corrected chi connectivity index (χ4v) is 2.35. The third-order valence-corrected chi connectivity index (χ3v) is 3.51. The van der Waals surface area contributed by atoms with Crippen LogP contribution in [0.25, 0.3) is 11.1 Å². The van der Waals surface area contributed by atoms with Gasteiger partial charge in [0.25, 0.3) is 0 Å². The van der Waals surface area contributed by atoms with E-state index in [4.69, 9.17) is 0 Å². The molecule has 0 bridgehead atoms. The van der Waals surface area contributed by atoms with Crippen molar-refractivity contribution in [2.45, 2.75) is 18.4 Å². The van der Waals surface area contributed by atoms with Gasteiger partial charge in [0.15, 0.2) is 0 Å². The van der Waals surface area contributed by atoms with Crippen LogP contribution in [-0.2, 0) is 0 Å². The third kappa shape index (κ3) is 2.08. The van der Waals surface area contributed by atoms with Crippen molar-refractivity contribution in [3.63, 3.8) is 0 Å². The molecule has 2 aromatic rings. The average molecular weight is 224 g/mol. The lowest BCUT2D eigenvalue weighted by atomic mass is 10.0. The maximum Gasteiger partial charge on any atom is 0.0273 e. The van der Waals surface area contributed by atoms with E-state index in [-0.39, 0.29) is 0 Å². The van der Waals surface area contributed by atoms with Gasteiger partial charge in [0.2, 0.25) is 0 Å². The first-order valence-corrected chi connectivity index (χ1v) is 6.06. The van der Waals surface area contributed by atoms with Gasteiger partial charge < -0.3 is 5.32 Å². The van der Waals surface area contributed by atoms with Crippen molar-refractivity contribution in [2.75, 3.05) is 7.05 Å². The number of nitrogens with one attached hydrogen (secondary N) is 1. The topological polar surface area (TPSA) is 24.9 Å². The molecule has 1 aromatic heterocycles. The lowest BCUT2D eigenvalue weighted by Crippen LogP contribution is -2.10. The van der Waals surface area contributed by atoms with Gasteiger partial charge in [-0.25, -0.2) is 0 Å². The van der Waals surface area contributed by atoms with Gasteiger partial charge in [-0.15, -0.1) is 0 Å². The highest BCUT2D eigenvalue weighted by molar-refractivity contribution is 5.63. The van der Waals surface area contributed by atoms with Crippen molar-refractivity contribution < 1.29 is 0 Å². The molecule has 2 nitrogen and oxygen atoms in total. The fourth-order valence-electron chi connectivity index (χ4n) is 2.35. The molecular weight excluding hydrogens is 208 g/mol. The summed E-state index contributed by atoms with van der Waals surface area (Å²) >= 11 is 0. The van der Waals surface area contributed by atoms with Crippen LogP contribution in [0.15, 0.2) is 48.8 Å². The molecule has 2 heteroatoms. The normalized spacial score (nSPS) is 22.4. The van der Waals surface area contributed by atoms with Gasteiger partial charge in [-0.3, -0.25) is 4.98 Å². The standard InChI is InChI=1S/C15H16N2/c1-16-15-10-14(15)13-4-2-11(3-5-13)12-6-8-17-9-7-12/h2-9,14-16H,10H2,1H3/t14-,15+/m0/s1. The molecule has 17 heavy (non-hydrogen) atoms. The largest absolute Gasteiger partial charge is 0.316 e. The zero-order valence-corrected chi connectivity index (χ0v) is 9.93. The van der Waals surface area contributed by atoms with Crippen LogP contribution in [0.4, 0.5) is 0 Å². The molecule has 3 rings (SSSR count). The minimum absolute atomic E-state index is 0.682. The van der Waals surface area contributed by atoms with Gasteiger partial charge in [-0.05, 0) is 42.3 Å². The number of hydrogen-bond donors (Lipinski definition) is 1. The van der Waals surface area contributed by atoms with Gasteiger partial charge >= 0.3 is 0 Å². The van der Waals surface area contributed by atoms with E-state index in [1.165, 1.54) is 23.1 Å². The Balaban J connectivity index is 1.82. The first-order chi connectivity index (χ1) is 8.38. The van der Waals surface area contributed by atoms with Crippen LogP contribution in [0.2, 0.25) is 0 Å². The molecule has 0 saturated heterocycles. The Morgan fingerprint density at radius 2 is 1.65 bits per heavy atom. The lowest BCUT2D eigenvalue weighted by molar-refractivity contribution is 0.784. The summed E-state index contributed by atoms with van der Waals surface area (Å²) in [7, 11) is 2.04. The van der Waals surface area contributed by atoms with Crippen LogP contribution in [-0.4, -0.2) is 18.1 Å². The van der Waals surface area contributed by atoms with Crippen molar-refractivity contribution in [2.24, 2.45) is 0 Å². The summed E-state index contributed by atoms with van der Waals surface area (Å²) < 4.78 is 0. The highest BCUT2D eigenvalue weighted by Gasteiger charge is 2.36. The van der Waals surface area contributed by atoms with E-state index in [0.29, 0.717) is 12.0 Å². The number of likely N-dealkylation sites (N-methyl/N-ethyl adjacent to an activating group) is 1. The molecule has 1 saturated carbocycles. The van der Waals surface area contributed by atoms with Crippen LogP contribution in [0.1, 0.15) is 17.9 Å². The lowest BCUT2D eigenvalue weighted by Gasteiger charge is -2.04. The molecule has 2 atom stereocenters. The summed E-state index contributed by atoms with van der Waals surface area (Å²) in [6.45, 7) is 0. The highest BCUT2D eigenvalue weighted by atomic mass is 14.9. The van der Waals surface area contributed by atoms with E-state index in [1.54, 1.807) is 0 Å². The minimum Gasteiger partial charge on any atom is -0.316 e. The second-order valence-corrected chi connectivity index (χ2v) is 4.60. The molecule has 1 N–H and O–H groups in total. The van der Waals surface area contributed by atoms with Gasteiger partial charge in [0.05, 0.1) is 0 Å². The third-order valence-electron chi connectivity index (χ3n) is 3.51. The van der Waals surface area contributed by atoms with Crippen molar-refractivity contribution in [3.05, 3.63) is 54.4 Å². The van der Waals surface area contributed by atoms with E-state index < -0.39 is 0 Å². The van der Waals surface area contributed by atoms with Crippen LogP contribution in [0.3, 0.4) is 0 Å². The molecule has 1 heterocycles. The molecule has 0 radical (unpaired) electrons.